The molecule has 106 valence electrons. The molecule has 1 aliphatic rings. The Morgan fingerprint density at radius 2 is 2.11 bits per heavy atom. The first-order valence-corrected chi connectivity index (χ1v) is 7.39. The van der Waals surface area contributed by atoms with Gasteiger partial charge in [-0.2, -0.15) is 0 Å². The van der Waals surface area contributed by atoms with Crippen LogP contribution in [0.3, 0.4) is 0 Å². The first kappa shape index (κ1) is 14.8. The van der Waals surface area contributed by atoms with Gasteiger partial charge in [-0.25, -0.2) is 0 Å². The summed E-state index contributed by atoms with van der Waals surface area (Å²) in [6.45, 7) is 6.02. The van der Waals surface area contributed by atoms with E-state index in [0.717, 1.165) is 37.7 Å². The molecular weight excluding hydrogens is 260 g/mol. The summed E-state index contributed by atoms with van der Waals surface area (Å²) < 4.78 is 5.96. The molecule has 1 aliphatic heterocycles. The third kappa shape index (κ3) is 3.69. The van der Waals surface area contributed by atoms with E-state index in [9.17, 15) is 0 Å². The van der Waals surface area contributed by atoms with Crippen molar-refractivity contribution in [3.05, 3.63) is 34.9 Å². The largest absolute Gasteiger partial charge is 0.374 e. The fraction of sp³-hybridized carbons (Fsp3) is 0.600. The molecule has 0 spiro atoms. The van der Waals surface area contributed by atoms with Gasteiger partial charge in [0.25, 0.3) is 0 Å². The van der Waals surface area contributed by atoms with Crippen molar-refractivity contribution in [3.63, 3.8) is 0 Å². The quantitative estimate of drug-likeness (QED) is 0.899. The number of morpholine rings is 1. The lowest BCUT2D eigenvalue weighted by Crippen LogP contribution is -2.48. The van der Waals surface area contributed by atoms with Crippen LogP contribution >= 0.6 is 11.6 Å². The summed E-state index contributed by atoms with van der Waals surface area (Å²) >= 11 is 5.99. The fourth-order valence-electron chi connectivity index (χ4n) is 2.78. The van der Waals surface area contributed by atoms with Crippen LogP contribution in [0.25, 0.3) is 0 Å². The van der Waals surface area contributed by atoms with E-state index in [-0.39, 0.29) is 6.10 Å². The predicted octanol–water partition coefficient (Wildman–Crippen LogP) is 2.71. The number of hydrogen-bond acceptors (Lipinski definition) is 3. The van der Waals surface area contributed by atoms with Crippen LogP contribution in [0.2, 0.25) is 5.02 Å². The molecule has 1 aromatic rings. The van der Waals surface area contributed by atoms with E-state index in [1.165, 1.54) is 5.56 Å². The summed E-state index contributed by atoms with van der Waals surface area (Å²) in [7, 11) is 1.97. The van der Waals surface area contributed by atoms with E-state index in [2.05, 4.69) is 29.3 Å². The lowest BCUT2D eigenvalue weighted by Gasteiger charge is -2.41. The first-order chi connectivity index (χ1) is 9.26. The molecule has 0 aliphatic carbocycles. The van der Waals surface area contributed by atoms with Gasteiger partial charge in [0.1, 0.15) is 0 Å². The van der Waals surface area contributed by atoms with Crippen LogP contribution in [0.5, 0.6) is 0 Å². The molecule has 2 unspecified atom stereocenters. The average Bonchev–Trinajstić information content (AvgIpc) is 2.41. The Balaban J connectivity index is 2.23. The van der Waals surface area contributed by atoms with Gasteiger partial charge < -0.3 is 10.1 Å². The van der Waals surface area contributed by atoms with Crippen molar-refractivity contribution in [2.75, 3.05) is 33.3 Å². The molecule has 3 nitrogen and oxygen atoms in total. The van der Waals surface area contributed by atoms with Gasteiger partial charge in [0.15, 0.2) is 0 Å². The number of likely N-dealkylation sites (N-methyl/N-ethyl adjacent to an activating group) is 1. The van der Waals surface area contributed by atoms with Gasteiger partial charge in [0.05, 0.1) is 18.8 Å². The molecule has 0 amide bonds. The molecule has 1 N–H and O–H groups in total. The zero-order valence-corrected chi connectivity index (χ0v) is 12.5. The van der Waals surface area contributed by atoms with Crippen molar-refractivity contribution in [2.45, 2.75) is 25.5 Å². The average molecular weight is 283 g/mol. The molecular formula is C15H23ClN2O. The second-order valence-corrected chi connectivity index (χ2v) is 5.44. The van der Waals surface area contributed by atoms with Crippen LogP contribution in [-0.2, 0) is 4.74 Å². The minimum absolute atomic E-state index is 0.200. The van der Waals surface area contributed by atoms with Crippen LogP contribution in [0.4, 0.5) is 0 Å². The second-order valence-electron chi connectivity index (χ2n) is 5.00. The van der Waals surface area contributed by atoms with Crippen LogP contribution in [0.1, 0.15) is 24.9 Å². The summed E-state index contributed by atoms with van der Waals surface area (Å²) in [5.41, 5.74) is 1.29. The number of benzene rings is 1. The van der Waals surface area contributed by atoms with Gasteiger partial charge >= 0.3 is 0 Å². The highest BCUT2D eigenvalue weighted by molar-refractivity contribution is 6.30. The molecule has 0 aromatic heterocycles. The Kier molecular flexibility index (Phi) is 5.64. The van der Waals surface area contributed by atoms with E-state index in [0.29, 0.717) is 6.04 Å². The molecule has 0 bridgehead atoms. The summed E-state index contributed by atoms with van der Waals surface area (Å²) in [4.78, 5) is 2.52. The Hall–Kier alpha value is -0.610. The Morgan fingerprint density at radius 1 is 1.37 bits per heavy atom. The molecule has 4 heteroatoms. The van der Waals surface area contributed by atoms with Crippen molar-refractivity contribution < 1.29 is 4.74 Å². The van der Waals surface area contributed by atoms with Gasteiger partial charge in [-0.1, -0.05) is 30.7 Å². The molecule has 0 radical (unpaired) electrons. The van der Waals surface area contributed by atoms with Crippen molar-refractivity contribution in [1.29, 1.82) is 0 Å². The second kappa shape index (κ2) is 7.25. The standard InChI is InChI=1S/C15H23ClN2O/c1-3-8-18-9-10-19-14(11-17-2)15(18)12-4-6-13(16)7-5-12/h4-7,14-15,17H,3,8-11H2,1-2H3. The van der Waals surface area contributed by atoms with E-state index in [1.807, 2.05) is 19.2 Å². The maximum absolute atomic E-state index is 5.99. The van der Waals surface area contributed by atoms with Gasteiger partial charge in [-0.05, 0) is 37.7 Å². The zero-order chi connectivity index (χ0) is 13.7. The predicted molar refractivity (Wildman–Crippen MR) is 79.7 cm³/mol. The maximum atomic E-state index is 5.99. The number of halogens is 1. The topological polar surface area (TPSA) is 24.5 Å². The highest BCUT2D eigenvalue weighted by Gasteiger charge is 2.32. The van der Waals surface area contributed by atoms with E-state index in [4.69, 9.17) is 16.3 Å². The normalized spacial score (nSPS) is 24.6. The van der Waals surface area contributed by atoms with Crippen molar-refractivity contribution in [2.24, 2.45) is 0 Å². The summed E-state index contributed by atoms with van der Waals surface area (Å²) in [6.07, 6.45) is 1.36. The van der Waals surface area contributed by atoms with Crippen molar-refractivity contribution in [3.8, 4) is 0 Å². The smallest absolute Gasteiger partial charge is 0.0896 e. The molecule has 1 aromatic carbocycles. The molecule has 19 heavy (non-hydrogen) atoms. The lowest BCUT2D eigenvalue weighted by molar-refractivity contribution is -0.0704. The maximum Gasteiger partial charge on any atom is 0.0896 e. The van der Waals surface area contributed by atoms with Gasteiger partial charge in [-0.3, -0.25) is 4.90 Å². The van der Waals surface area contributed by atoms with Gasteiger partial charge in [-0.15, -0.1) is 0 Å². The number of ether oxygens (including phenoxy) is 1. The SMILES string of the molecule is CCCN1CCOC(CNC)C1c1ccc(Cl)cc1. The molecule has 1 saturated heterocycles. The molecule has 0 saturated carbocycles. The Morgan fingerprint density at radius 3 is 2.74 bits per heavy atom. The van der Waals surface area contributed by atoms with Crippen molar-refractivity contribution >= 4 is 11.6 Å². The van der Waals surface area contributed by atoms with E-state index < -0.39 is 0 Å². The van der Waals surface area contributed by atoms with Crippen LogP contribution in [0, 0.1) is 0 Å². The fourth-order valence-corrected chi connectivity index (χ4v) is 2.91. The minimum atomic E-state index is 0.200. The number of nitrogens with zero attached hydrogens (tertiary/aromatic N) is 1. The summed E-state index contributed by atoms with van der Waals surface area (Å²) in [5, 5.41) is 4.02. The van der Waals surface area contributed by atoms with Crippen molar-refractivity contribution in [1.82, 2.24) is 10.2 Å². The van der Waals surface area contributed by atoms with Crippen LogP contribution in [-0.4, -0.2) is 44.3 Å². The third-order valence-corrected chi connectivity index (χ3v) is 3.84. The summed E-state index contributed by atoms with van der Waals surface area (Å²) in [5.74, 6) is 0. The number of hydrogen-bond donors (Lipinski definition) is 1. The first-order valence-electron chi connectivity index (χ1n) is 7.02. The van der Waals surface area contributed by atoms with E-state index in [1.54, 1.807) is 0 Å². The highest BCUT2D eigenvalue weighted by Crippen LogP contribution is 2.30. The number of rotatable bonds is 5. The van der Waals surface area contributed by atoms with E-state index >= 15 is 0 Å². The summed E-state index contributed by atoms with van der Waals surface area (Å²) in [6, 6.07) is 8.48. The molecule has 1 fully saturated rings. The van der Waals surface area contributed by atoms with Gasteiger partial charge in [0.2, 0.25) is 0 Å². The van der Waals surface area contributed by atoms with Gasteiger partial charge in [0, 0.05) is 18.1 Å². The highest BCUT2D eigenvalue weighted by atomic mass is 35.5. The number of nitrogens with one attached hydrogen (secondary N) is 1. The Bertz CT molecular complexity index is 364. The molecule has 1 heterocycles. The Labute approximate surface area is 120 Å². The minimum Gasteiger partial charge on any atom is -0.374 e. The monoisotopic (exact) mass is 282 g/mol. The molecule has 2 atom stereocenters. The molecule has 2 rings (SSSR count). The lowest BCUT2D eigenvalue weighted by atomic mass is 9.97. The zero-order valence-electron chi connectivity index (χ0n) is 11.7. The van der Waals surface area contributed by atoms with Crippen LogP contribution in [0.15, 0.2) is 24.3 Å². The third-order valence-electron chi connectivity index (χ3n) is 3.58. The van der Waals surface area contributed by atoms with Crippen LogP contribution < -0.4 is 5.32 Å².